The Hall–Kier alpha value is -2.36. The van der Waals surface area contributed by atoms with Crippen LogP contribution in [-0.4, -0.2) is 23.2 Å². The molecule has 1 aliphatic heterocycles. The van der Waals surface area contributed by atoms with Crippen molar-refractivity contribution in [1.82, 2.24) is 4.98 Å². The Labute approximate surface area is 130 Å². The van der Waals surface area contributed by atoms with Crippen molar-refractivity contribution in [2.24, 2.45) is 10.7 Å². The van der Waals surface area contributed by atoms with Crippen LogP contribution in [0.4, 0.5) is 0 Å². The van der Waals surface area contributed by atoms with Crippen LogP contribution in [0.1, 0.15) is 23.1 Å². The Morgan fingerprint density at radius 1 is 1.23 bits per heavy atom. The second kappa shape index (κ2) is 4.83. The van der Waals surface area contributed by atoms with Crippen molar-refractivity contribution in [3.8, 4) is 11.1 Å². The van der Waals surface area contributed by atoms with Crippen molar-refractivity contribution >= 4 is 6.02 Å². The average Bonchev–Trinajstić information content (AvgIpc) is 2.88. The van der Waals surface area contributed by atoms with Gasteiger partial charge in [-0.15, -0.1) is 0 Å². The van der Waals surface area contributed by atoms with Crippen molar-refractivity contribution in [2.45, 2.75) is 31.7 Å². The number of pyridine rings is 1. The molecule has 0 amide bonds. The maximum atomic E-state index is 5.75. The first kappa shape index (κ1) is 13.3. The monoisotopic (exact) mass is 293 g/mol. The van der Waals surface area contributed by atoms with Crippen molar-refractivity contribution in [1.29, 1.82) is 0 Å². The Balaban J connectivity index is 1.83. The molecule has 2 aromatic rings. The topological polar surface area (TPSA) is 60.5 Å². The molecular weight excluding hydrogens is 274 g/mol. The average molecular weight is 293 g/mol. The van der Waals surface area contributed by atoms with Gasteiger partial charge in [-0.2, -0.15) is 0 Å². The van der Waals surface area contributed by atoms with Crippen LogP contribution in [0, 0.1) is 6.92 Å². The third kappa shape index (κ3) is 2.06. The number of fused-ring (bicyclic) bond motifs is 1. The molecule has 22 heavy (non-hydrogen) atoms. The Kier molecular flexibility index (Phi) is 2.93. The Bertz CT molecular complexity index is 769. The number of benzene rings is 1. The van der Waals surface area contributed by atoms with Gasteiger partial charge in [0.15, 0.2) is 0 Å². The predicted octanol–water partition coefficient (Wildman–Crippen LogP) is 2.63. The smallest absolute Gasteiger partial charge is 0.282 e. The number of ether oxygens (including phenoxy) is 1. The van der Waals surface area contributed by atoms with Gasteiger partial charge < -0.3 is 10.5 Å². The number of aryl methyl sites for hydroxylation is 2. The van der Waals surface area contributed by atoms with Crippen molar-refractivity contribution in [3.05, 3.63) is 53.3 Å². The first-order valence-electron chi connectivity index (χ1n) is 7.67. The van der Waals surface area contributed by atoms with Crippen LogP contribution in [-0.2, 0) is 17.6 Å². The molecule has 4 rings (SSSR count). The van der Waals surface area contributed by atoms with Gasteiger partial charge in [-0.3, -0.25) is 4.98 Å². The molecule has 4 nitrogen and oxygen atoms in total. The van der Waals surface area contributed by atoms with Crippen LogP contribution in [0.5, 0.6) is 0 Å². The molecule has 2 heterocycles. The number of hydrogen-bond acceptors (Lipinski definition) is 4. The van der Waals surface area contributed by atoms with Crippen molar-refractivity contribution < 1.29 is 4.74 Å². The van der Waals surface area contributed by atoms with Gasteiger partial charge in [0.25, 0.3) is 6.02 Å². The van der Waals surface area contributed by atoms with Crippen LogP contribution >= 0.6 is 0 Å². The second-order valence-corrected chi connectivity index (χ2v) is 6.27. The first-order chi connectivity index (χ1) is 10.7. The van der Waals surface area contributed by atoms with Gasteiger partial charge in [0.2, 0.25) is 0 Å². The fourth-order valence-corrected chi connectivity index (χ4v) is 3.59. The predicted molar refractivity (Wildman–Crippen MR) is 86.7 cm³/mol. The summed E-state index contributed by atoms with van der Waals surface area (Å²) in [4.78, 5) is 8.89. The molecule has 0 saturated heterocycles. The molecule has 1 atom stereocenters. The molecule has 1 unspecified atom stereocenters. The molecule has 0 saturated carbocycles. The summed E-state index contributed by atoms with van der Waals surface area (Å²) >= 11 is 0. The summed E-state index contributed by atoms with van der Waals surface area (Å²) in [5, 5.41) is 0. The number of aromatic nitrogens is 1. The van der Waals surface area contributed by atoms with Crippen LogP contribution in [0.3, 0.4) is 0 Å². The van der Waals surface area contributed by atoms with E-state index in [4.69, 9.17) is 10.5 Å². The van der Waals surface area contributed by atoms with E-state index in [2.05, 4.69) is 41.2 Å². The zero-order valence-corrected chi connectivity index (χ0v) is 12.7. The van der Waals surface area contributed by atoms with Crippen LogP contribution in [0.25, 0.3) is 11.1 Å². The van der Waals surface area contributed by atoms with E-state index in [1.807, 2.05) is 12.4 Å². The van der Waals surface area contributed by atoms with Gasteiger partial charge in [0.05, 0.1) is 0 Å². The SMILES string of the molecule is Cc1ccncc1-c1cccc2c1CC1(CC2)COC(N)=N1. The lowest BCUT2D eigenvalue weighted by Gasteiger charge is -2.32. The summed E-state index contributed by atoms with van der Waals surface area (Å²) in [5.41, 5.74) is 12.1. The summed E-state index contributed by atoms with van der Waals surface area (Å²) < 4.78 is 5.45. The maximum Gasteiger partial charge on any atom is 0.282 e. The zero-order valence-electron chi connectivity index (χ0n) is 12.7. The molecule has 4 heteroatoms. The number of hydrogen-bond donors (Lipinski definition) is 1. The molecule has 2 N–H and O–H groups in total. The summed E-state index contributed by atoms with van der Waals surface area (Å²) in [5.74, 6) is 0. The van der Waals surface area contributed by atoms with E-state index in [0.29, 0.717) is 12.6 Å². The number of aliphatic imine (C=N–C) groups is 1. The standard InChI is InChI=1S/C18H19N3O/c1-12-6-8-20-10-16(12)14-4-2-3-13-5-7-18(9-15(13)14)11-22-17(19)21-18/h2-4,6,8,10H,5,7,9,11H2,1H3,(H2,19,21). The molecule has 1 aliphatic carbocycles. The lowest BCUT2D eigenvalue weighted by atomic mass is 9.76. The number of rotatable bonds is 1. The Morgan fingerprint density at radius 3 is 2.91 bits per heavy atom. The van der Waals surface area contributed by atoms with Gasteiger partial charge in [0, 0.05) is 24.4 Å². The van der Waals surface area contributed by atoms with Crippen LogP contribution < -0.4 is 5.73 Å². The van der Waals surface area contributed by atoms with Gasteiger partial charge in [-0.25, -0.2) is 4.99 Å². The summed E-state index contributed by atoms with van der Waals surface area (Å²) in [6.45, 7) is 2.72. The van der Waals surface area contributed by atoms with E-state index >= 15 is 0 Å². The molecule has 1 aromatic heterocycles. The number of nitrogens with two attached hydrogens (primary N) is 1. The molecule has 1 spiro atoms. The van der Waals surface area contributed by atoms with E-state index in [9.17, 15) is 0 Å². The molecular formula is C18H19N3O. The van der Waals surface area contributed by atoms with Crippen LogP contribution in [0.2, 0.25) is 0 Å². The summed E-state index contributed by atoms with van der Waals surface area (Å²) in [6, 6.07) is 8.94. The number of nitrogens with zero attached hydrogens (tertiary/aromatic N) is 2. The highest BCUT2D eigenvalue weighted by Crippen LogP contribution is 2.39. The van der Waals surface area contributed by atoms with E-state index < -0.39 is 0 Å². The quantitative estimate of drug-likeness (QED) is 0.879. The van der Waals surface area contributed by atoms with Crippen LogP contribution in [0.15, 0.2) is 41.7 Å². The minimum absolute atomic E-state index is 0.177. The highest BCUT2D eigenvalue weighted by molar-refractivity contribution is 5.75. The van der Waals surface area contributed by atoms with E-state index in [-0.39, 0.29) is 5.54 Å². The molecule has 0 bridgehead atoms. The summed E-state index contributed by atoms with van der Waals surface area (Å²) in [7, 11) is 0. The molecule has 2 aliphatic rings. The van der Waals surface area contributed by atoms with E-state index in [1.165, 1.54) is 27.8 Å². The normalized spacial score (nSPS) is 23.0. The fraction of sp³-hybridized carbons (Fsp3) is 0.333. The molecule has 0 radical (unpaired) electrons. The molecule has 0 fully saturated rings. The van der Waals surface area contributed by atoms with Gasteiger partial charge >= 0.3 is 0 Å². The summed E-state index contributed by atoms with van der Waals surface area (Å²) in [6.07, 6.45) is 6.69. The highest BCUT2D eigenvalue weighted by Gasteiger charge is 2.40. The third-order valence-electron chi connectivity index (χ3n) is 4.80. The Morgan fingerprint density at radius 2 is 2.14 bits per heavy atom. The van der Waals surface area contributed by atoms with Gasteiger partial charge in [0.1, 0.15) is 12.1 Å². The van der Waals surface area contributed by atoms with Crippen molar-refractivity contribution in [2.75, 3.05) is 6.61 Å². The molecule has 112 valence electrons. The van der Waals surface area contributed by atoms with E-state index in [0.717, 1.165) is 19.3 Å². The largest absolute Gasteiger partial charge is 0.463 e. The maximum absolute atomic E-state index is 5.75. The lowest BCUT2D eigenvalue weighted by molar-refractivity contribution is 0.235. The first-order valence-corrected chi connectivity index (χ1v) is 7.67. The zero-order chi connectivity index (χ0) is 15.2. The fourth-order valence-electron chi connectivity index (χ4n) is 3.59. The second-order valence-electron chi connectivity index (χ2n) is 6.27. The molecule has 1 aromatic carbocycles. The third-order valence-corrected chi connectivity index (χ3v) is 4.80. The van der Waals surface area contributed by atoms with Gasteiger partial charge in [-0.05, 0) is 48.1 Å². The van der Waals surface area contributed by atoms with E-state index in [1.54, 1.807) is 0 Å². The highest BCUT2D eigenvalue weighted by atomic mass is 16.5. The lowest BCUT2D eigenvalue weighted by Crippen LogP contribution is -2.35. The van der Waals surface area contributed by atoms with Crippen molar-refractivity contribution in [3.63, 3.8) is 0 Å². The van der Waals surface area contributed by atoms with Gasteiger partial charge in [-0.1, -0.05) is 18.2 Å². The number of amidine groups is 1. The minimum Gasteiger partial charge on any atom is -0.463 e. The minimum atomic E-state index is -0.177.